The molecule has 12 heteroatoms. The number of carbonyl (C=O) groups excluding carboxylic acids is 2. The first-order valence-electron chi connectivity index (χ1n) is 11.3. The van der Waals surface area contributed by atoms with Gasteiger partial charge in [0.1, 0.15) is 10.7 Å². The van der Waals surface area contributed by atoms with E-state index in [9.17, 15) is 18.0 Å². The van der Waals surface area contributed by atoms with E-state index in [1.54, 1.807) is 19.1 Å². The molecule has 0 saturated carbocycles. The second-order valence-corrected chi connectivity index (χ2v) is 10.6. The average Bonchev–Trinajstić information content (AvgIpc) is 2.84. The van der Waals surface area contributed by atoms with E-state index in [0.29, 0.717) is 12.1 Å². The second kappa shape index (κ2) is 12.4. The number of nitrogens with one attached hydrogen (secondary N) is 2. The summed E-state index contributed by atoms with van der Waals surface area (Å²) in [5.74, 6) is 0.223. The van der Waals surface area contributed by atoms with Crippen molar-refractivity contribution >= 4 is 50.6 Å². The number of methoxy groups -OCH3 is 2. The number of amides is 1. The maximum atomic E-state index is 13.3. The van der Waals surface area contributed by atoms with Crippen LogP contribution in [0.15, 0.2) is 53.4 Å². The Labute approximate surface area is 231 Å². The predicted molar refractivity (Wildman–Crippen MR) is 146 cm³/mol. The number of rotatable bonds is 11. The highest BCUT2D eigenvalue weighted by Crippen LogP contribution is 2.44. The van der Waals surface area contributed by atoms with Crippen LogP contribution in [-0.2, 0) is 21.2 Å². The van der Waals surface area contributed by atoms with Gasteiger partial charge in [-0.3, -0.25) is 14.3 Å². The smallest absolute Gasteiger partial charge is 0.263 e. The molecule has 0 heterocycles. The standard InChI is InChI=1S/C26H26Cl2N2O7S/c1-5-29-26(32)17-6-8-21(20(13-17)30-38(33,34)24-9-7-18(27)14-19(24)28)37-25-22(35-3)11-16(10-15(2)31)12-23(25)36-4/h6-9,11-14,30H,5,10H2,1-4H3,(H,29,32). The van der Waals surface area contributed by atoms with Gasteiger partial charge in [0.2, 0.25) is 5.75 Å². The SMILES string of the molecule is CCNC(=O)c1ccc(Oc2c(OC)cc(CC(C)=O)cc2OC)c(NS(=O)(=O)c2ccc(Cl)cc2Cl)c1. The Hall–Kier alpha value is -3.47. The lowest BCUT2D eigenvalue weighted by atomic mass is 10.1. The number of Topliss-reactive ketones (excluding diaryl/α,β-unsaturated/α-hetero) is 1. The van der Waals surface area contributed by atoms with E-state index in [2.05, 4.69) is 10.0 Å². The van der Waals surface area contributed by atoms with Gasteiger partial charge in [-0.1, -0.05) is 23.2 Å². The zero-order valence-corrected chi connectivity index (χ0v) is 23.4. The van der Waals surface area contributed by atoms with Gasteiger partial charge in [0.15, 0.2) is 17.2 Å². The molecule has 0 fully saturated rings. The number of carbonyl (C=O) groups is 2. The van der Waals surface area contributed by atoms with E-state index in [1.807, 2.05) is 0 Å². The normalized spacial score (nSPS) is 11.0. The third kappa shape index (κ3) is 6.89. The predicted octanol–water partition coefficient (Wildman–Crippen LogP) is 5.48. The van der Waals surface area contributed by atoms with Crippen molar-refractivity contribution in [3.05, 3.63) is 69.7 Å². The monoisotopic (exact) mass is 580 g/mol. The summed E-state index contributed by atoms with van der Waals surface area (Å²) in [4.78, 5) is 23.9. The molecule has 0 bridgehead atoms. The van der Waals surface area contributed by atoms with Gasteiger partial charge in [-0.2, -0.15) is 0 Å². The van der Waals surface area contributed by atoms with E-state index in [1.165, 1.54) is 57.5 Å². The first-order chi connectivity index (χ1) is 18.0. The van der Waals surface area contributed by atoms with Crippen LogP contribution in [0, 0.1) is 0 Å². The van der Waals surface area contributed by atoms with Crippen molar-refractivity contribution in [2.75, 3.05) is 25.5 Å². The number of hydrogen-bond acceptors (Lipinski definition) is 7. The maximum absolute atomic E-state index is 13.3. The molecule has 0 saturated heterocycles. The molecule has 9 nitrogen and oxygen atoms in total. The first kappa shape index (κ1) is 29.1. The Kier molecular flexibility index (Phi) is 9.48. The number of sulfonamides is 1. The van der Waals surface area contributed by atoms with Gasteiger partial charge in [-0.25, -0.2) is 8.42 Å². The summed E-state index contributed by atoms with van der Waals surface area (Å²) < 4.78 is 46.0. The fraction of sp³-hybridized carbons (Fsp3) is 0.231. The Morgan fingerprint density at radius 3 is 2.13 bits per heavy atom. The molecule has 202 valence electrons. The van der Waals surface area contributed by atoms with Gasteiger partial charge in [0.05, 0.1) is 24.9 Å². The molecule has 3 aromatic rings. The summed E-state index contributed by atoms with van der Waals surface area (Å²) in [6, 6.07) is 11.5. The fourth-order valence-electron chi connectivity index (χ4n) is 3.53. The first-order valence-corrected chi connectivity index (χ1v) is 13.5. The summed E-state index contributed by atoms with van der Waals surface area (Å²) in [7, 11) is -1.39. The van der Waals surface area contributed by atoms with Crippen LogP contribution >= 0.6 is 23.2 Å². The number of benzene rings is 3. The number of ketones is 1. The molecule has 2 N–H and O–H groups in total. The Morgan fingerprint density at radius 2 is 1.58 bits per heavy atom. The molecular formula is C26H26Cl2N2O7S. The van der Waals surface area contributed by atoms with Crippen LogP contribution in [-0.4, -0.2) is 40.9 Å². The van der Waals surface area contributed by atoms with Gasteiger partial charge in [-0.05, 0) is 67.9 Å². The van der Waals surface area contributed by atoms with Gasteiger partial charge in [0.25, 0.3) is 15.9 Å². The van der Waals surface area contributed by atoms with Crippen LogP contribution in [0.25, 0.3) is 0 Å². The quantitative estimate of drug-likeness (QED) is 0.308. The highest BCUT2D eigenvalue weighted by atomic mass is 35.5. The third-order valence-electron chi connectivity index (χ3n) is 5.19. The summed E-state index contributed by atoms with van der Waals surface area (Å²) in [6.45, 7) is 3.60. The molecule has 3 rings (SSSR count). The van der Waals surface area contributed by atoms with Crippen molar-refractivity contribution in [3.63, 3.8) is 0 Å². The molecule has 0 radical (unpaired) electrons. The highest BCUT2D eigenvalue weighted by molar-refractivity contribution is 7.92. The minimum Gasteiger partial charge on any atom is -0.493 e. The van der Waals surface area contributed by atoms with E-state index >= 15 is 0 Å². The van der Waals surface area contributed by atoms with Gasteiger partial charge in [0, 0.05) is 23.6 Å². The zero-order chi connectivity index (χ0) is 28.0. The topological polar surface area (TPSA) is 120 Å². The van der Waals surface area contributed by atoms with Crippen LogP contribution in [0.4, 0.5) is 5.69 Å². The van der Waals surface area contributed by atoms with Crippen LogP contribution in [0.1, 0.15) is 29.8 Å². The minimum atomic E-state index is -4.23. The van der Waals surface area contributed by atoms with Crippen molar-refractivity contribution in [1.82, 2.24) is 5.32 Å². The van der Waals surface area contributed by atoms with E-state index in [0.717, 1.165) is 0 Å². The number of anilines is 1. The summed E-state index contributed by atoms with van der Waals surface area (Å²) >= 11 is 12.1. The van der Waals surface area contributed by atoms with Crippen LogP contribution < -0.4 is 24.2 Å². The lowest BCUT2D eigenvalue weighted by molar-refractivity contribution is -0.116. The molecule has 38 heavy (non-hydrogen) atoms. The van der Waals surface area contributed by atoms with E-state index in [4.69, 9.17) is 37.4 Å². The van der Waals surface area contributed by atoms with E-state index in [-0.39, 0.29) is 61.4 Å². The molecule has 0 aromatic heterocycles. The molecular weight excluding hydrogens is 555 g/mol. The number of halogens is 2. The molecule has 0 aliphatic carbocycles. The van der Waals surface area contributed by atoms with Crippen molar-refractivity contribution in [2.24, 2.45) is 0 Å². The Balaban J connectivity index is 2.12. The van der Waals surface area contributed by atoms with Crippen molar-refractivity contribution in [3.8, 4) is 23.0 Å². The number of ether oxygens (including phenoxy) is 3. The van der Waals surface area contributed by atoms with Gasteiger partial charge < -0.3 is 19.5 Å². The van der Waals surface area contributed by atoms with Crippen LogP contribution in [0.5, 0.6) is 23.0 Å². The summed E-state index contributed by atoms with van der Waals surface area (Å²) in [5.41, 5.74) is 0.787. The van der Waals surface area contributed by atoms with Crippen molar-refractivity contribution < 1.29 is 32.2 Å². The van der Waals surface area contributed by atoms with E-state index < -0.39 is 15.9 Å². The molecule has 0 aliphatic rings. The lowest BCUT2D eigenvalue weighted by Gasteiger charge is -2.19. The maximum Gasteiger partial charge on any atom is 0.263 e. The summed E-state index contributed by atoms with van der Waals surface area (Å²) in [5, 5.41) is 2.85. The molecule has 0 spiro atoms. The summed E-state index contributed by atoms with van der Waals surface area (Å²) in [6.07, 6.45) is 0.154. The molecule has 0 aliphatic heterocycles. The largest absolute Gasteiger partial charge is 0.493 e. The van der Waals surface area contributed by atoms with Crippen LogP contribution in [0.2, 0.25) is 10.0 Å². The Bertz CT molecular complexity index is 1450. The Morgan fingerprint density at radius 1 is 0.921 bits per heavy atom. The molecule has 0 unspecified atom stereocenters. The fourth-order valence-corrected chi connectivity index (χ4v) is 5.36. The van der Waals surface area contributed by atoms with Gasteiger partial charge >= 0.3 is 0 Å². The number of hydrogen-bond donors (Lipinski definition) is 2. The third-order valence-corrected chi connectivity index (χ3v) is 7.28. The molecule has 1 amide bonds. The lowest BCUT2D eigenvalue weighted by Crippen LogP contribution is -2.23. The van der Waals surface area contributed by atoms with Gasteiger partial charge in [-0.15, -0.1) is 0 Å². The zero-order valence-electron chi connectivity index (χ0n) is 21.1. The molecule has 0 atom stereocenters. The molecule has 3 aromatic carbocycles. The second-order valence-electron chi connectivity index (χ2n) is 8.06. The minimum absolute atomic E-state index is 0.0441. The van der Waals surface area contributed by atoms with Crippen molar-refractivity contribution in [1.29, 1.82) is 0 Å². The average molecular weight is 581 g/mol. The van der Waals surface area contributed by atoms with Crippen molar-refractivity contribution in [2.45, 2.75) is 25.2 Å². The highest BCUT2D eigenvalue weighted by Gasteiger charge is 2.23. The van der Waals surface area contributed by atoms with Crippen LogP contribution in [0.3, 0.4) is 0 Å².